The summed E-state index contributed by atoms with van der Waals surface area (Å²) in [5, 5.41) is 14.2. The molecule has 0 atom stereocenters. The minimum atomic E-state index is -3.59. The summed E-state index contributed by atoms with van der Waals surface area (Å²) in [5.41, 5.74) is 0.349. The van der Waals surface area contributed by atoms with Gasteiger partial charge in [-0.15, -0.1) is 0 Å². The molecular weight excluding hydrogens is 232 g/mol. The fourth-order valence-corrected chi connectivity index (χ4v) is 2.02. The molecule has 7 heteroatoms. The number of hydrogen-bond acceptors (Lipinski definition) is 5. The largest absolute Gasteiger partial charge is 0.359 e. The summed E-state index contributed by atoms with van der Waals surface area (Å²) in [5.74, 6) is 0. The average molecular weight is 240 g/mol. The van der Waals surface area contributed by atoms with Crippen molar-refractivity contribution >= 4 is 9.84 Å². The highest BCUT2D eigenvalue weighted by Gasteiger charge is 2.29. The van der Waals surface area contributed by atoms with Crippen LogP contribution in [0.1, 0.15) is 0 Å². The van der Waals surface area contributed by atoms with Crippen molar-refractivity contribution in [2.45, 2.75) is 5.03 Å². The van der Waals surface area contributed by atoms with Crippen molar-refractivity contribution in [1.82, 2.24) is 5.16 Å². The summed E-state index contributed by atoms with van der Waals surface area (Å²) < 4.78 is 27.0. The van der Waals surface area contributed by atoms with E-state index in [-0.39, 0.29) is 15.6 Å². The number of hydrogen-bond donors (Lipinski definition) is 0. The topological polar surface area (TPSA) is 87.1 Å². The Balaban J connectivity index is 2.71. The fraction of sp³-hybridized carbons (Fsp3) is 0.111. The molecule has 6 nitrogen and oxygen atoms in total. The molecule has 0 radical (unpaired) electrons. The second kappa shape index (κ2) is 3.60. The van der Waals surface area contributed by atoms with E-state index in [1.807, 2.05) is 0 Å². The molecule has 1 aromatic carbocycles. The van der Waals surface area contributed by atoms with Crippen LogP contribution in [0.3, 0.4) is 0 Å². The van der Waals surface area contributed by atoms with Crippen molar-refractivity contribution in [3.05, 3.63) is 35.5 Å². The van der Waals surface area contributed by atoms with Gasteiger partial charge in [-0.05, 0) is 4.90 Å². The molecule has 0 fully saturated rings. The van der Waals surface area contributed by atoms with Crippen molar-refractivity contribution < 1.29 is 17.9 Å². The Kier molecular flexibility index (Phi) is 2.39. The molecule has 2 aromatic rings. The third-order valence-electron chi connectivity index (χ3n) is 1.98. The van der Waals surface area contributed by atoms with Crippen LogP contribution in [0.25, 0.3) is 11.3 Å². The number of benzene rings is 1. The third-order valence-corrected chi connectivity index (χ3v) is 2.95. The zero-order chi connectivity index (χ0) is 11.8. The van der Waals surface area contributed by atoms with Crippen molar-refractivity contribution in [3.63, 3.8) is 0 Å². The molecule has 0 bridgehead atoms. The Morgan fingerprint density at radius 3 is 2.50 bits per heavy atom. The molecule has 84 valence electrons. The van der Waals surface area contributed by atoms with Crippen LogP contribution in [0, 0.1) is 5.21 Å². The molecule has 0 aliphatic rings. The van der Waals surface area contributed by atoms with Gasteiger partial charge in [0.1, 0.15) is 0 Å². The Morgan fingerprint density at radius 1 is 1.31 bits per heavy atom. The Morgan fingerprint density at radius 2 is 1.94 bits per heavy atom. The van der Waals surface area contributed by atoms with Gasteiger partial charge < -0.3 is 5.21 Å². The van der Waals surface area contributed by atoms with E-state index in [1.54, 1.807) is 30.3 Å². The smallest absolute Gasteiger partial charge is 0.339 e. The van der Waals surface area contributed by atoms with Gasteiger partial charge in [-0.2, -0.15) is 0 Å². The number of sulfone groups is 1. The molecule has 0 amide bonds. The zero-order valence-corrected chi connectivity index (χ0v) is 9.14. The van der Waals surface area contributed by atoms with Crippen molar-refractivity contribution in [2.24, 2.45) is 0 Å². The molecule has 1 heterocycles. The van der Waals surface area contributed by atoms with Crippen LogP contribution in [-0.4, -0.2) is 19.8 Å². The zero-order valence-electron chi connectivity index (χ0n) is 8.32. The lowest BCUT2D eigenvalue weighted by Gasteiger charge is -1.96. The van der Waals surface area contributed by atoms with Gasteiger partial charge in [-0.25, -0.2) is 8.42 Å². The molecule has 0 N–H and O–H groups in total. The summed E-state index contributed by atoms with van der Waals surface area (Å²) in [6.07, 6.45) is 0.970. The molecule has 2 rings (SSSR count). The number of rotatable bonds is 2. The monoisotopic (exact) mass is 240 g/mol. The van der Waals surface area contributed by atoms with Gasteiger partial charge >= 0.3 is 5.03 Å². The number of nitrogens with zero attached hydrogens (tertiary/aromatic N) is 2. The van der Waals surface area contributed by atoms with Gasteiger partial charge in [-0.3, -0.25) is 4.63 Å². The molecule has 0 saturated carbocycles. The van der Waals surface area contributed by atoms with Crippen LogP contribution in [0.5, 0.6) is 0 Å². The van der Waals surface area contributed by atoms with E-state index in [0.29, 0.717) is 5.56 Å². The molecule has 1 aromatic heterocycles. The summed E-state index contributed by atoms with van der Waals surface area (Å²) in [4.78, 5) is 0.0890. The molecule has 0 saturated heterocycles. The van der Waals surface area contributed by atoms with E-state index < -0.39 is 9.84 Å². The molecule has 0 unspecified atom stereocenters. The van der Waals surface area contributed by atoms with Crippen molar-refractivity contribution in [1.29, 1.82) is 0 Å². The lowest BCUT2D eigenvalue weighted by molar-refractivity contribution is -0.793. The van der Waals surface area contributed by atoms with Gasteiger partial charge in [0.25, 0.3) is 0 Å². The maximum absolute atomic E-state index is 11.4. The normalized spacial score (nSPS) is 11.6. The second-order valence-electron chi connectivity index (χ2n) is 3.22. The van der Waals surface area contributed by atoms with Crippen molar-refractivity contribution in [3.8, 4) is 11.3 Å². The first-order valence-electron chi connectivity index (χ1n) is 4.35. The van der Waals surface area contributed by atoms with Crippen LogP contribution in [-0.2, 0) is 9.84 Å². The molecule has 0 aliphatic carbocycles. The van der Waals surface area contributed by atoms with Crippen molar-refractivity contribution in [2.75, 3.05) is 6.26 Å². The molecule has 0 spiro atoms. The Hall–Kier alpha value is -1.89. The highest BCUT2D eigenvalue weighted by molar-refractivity contribution is 7.90. The van der Waals surface area contributed by atoms with Gasteiger partial charge in [0, 0.05) is 11.8 Å². The van der Waals surface area contributed by atoms with Gasteiger partial charge in [-0.1, -0.05) is 30.3 Å². The van der Waals surface area contributed by atoms with Gasteiger partial charge in [0.2, 0.25) is 15.5 Å². The first kappa shape index (κ1) is 10.6. The lowest BCUT2D eigenvalue weighted by Crippen LogP contribution is -2.25. The van der Waals surface area contributed by atoms with Crippen LogP contribution in [0.2, 0.25) is 0 Å². The van der Waals surface area contributed by atoms with Crippen LogP contribution < -0.4 is 4.90 Å². The standard InChI is InChI=1S/C9H8N2O4S/c1-16(13,14)9-8(11(12)15-10-9)7-5-3-2-4-6-7/h2-6H,1H3. The summed E-state index contributed by atoms with van der Waals surface area (Å²) in [6, 6.07) is 8.35. The summed E-state index contributed by atoms with van der Waals surface area (Å²) in [7, 11) is -3.59. The van der Waals surface area contributed by atoms with E-state index in [9.17, 15) is 13.6 Å². The van der Waals surface area contributed by atoms with Crippen LogP contribution in [0.15, 0.2) is 40.0 Å². The first-order chi connectivity index (χ1) is 7.50. The summed E-state index contributed by atoms with van der Waals surface area (Å²) in [6.45, 7) is 0. The maximum Gasteiger partial charge on any atom is 0.339 e. The minimum Gasteiger partial charge on any atom is -0.359 e. The van der Waals surface area contributed by atoms with E-state index >= 15 is 0 Å². The SMILES string of the molecule is CS(=O)(=O)c1no[n+]([O-])c1-c1ccccc1. The van der Waals surface area contributed by atoms with Crippen LogP contribution in [0.4, 0.5) is 0 Å². The van der Waals surface area contributed by atoms with Crippen LogP contribution >= 0.6 is 0 Å². The predicted molar refractivity (Wildman–Crippen MR) is 54.0 cm³/mol. The molecule has 16 heavy (non-hydrogen) atoms. The average Bonchev–Trinajstić information content (AvgIpc) is 2.61. The highest BCUT2D eigenvalue weighted by Crippen LogP contribution is 2.21. The fourth-order valence-electron chi connectivity index (χ4n) is 1.30. The highest BCUT2D eigenvalue weighted by atomic mass is 32.2. The van der Waals surface area contributed by atoms with E-state index in [4.69, 9.17) is 0 Å². The maximum atomic E-state index is 11.4. The summed E-state index contributed by atoms with van der Waals surface area (Å²) >= 11 is 0. The third kappa shape index (κ3) is 1.76. The van der Waals surface area contributed by atoms with E-state index in [1.165, 1.54) is 0 Å². The first-order valence-corrected chi connectivity index (χ1v) is 6.24. The minimum absolute atomic E-state index is 0.0890. The Bertz CT molecular complexity index is 604. The predicted octanol–water partition coefficient (Wildman–Crippen LogP) is 0.378. The second-order valence-corrected chi connectivity index (χ2v) is 5.15. The van der Waals surface area contributed by atoms with E-state index in [0.717, 1.165) is 6.26 Å². The molecule has 0 aliphatic heterocycles. The quantitative estimate of drug-likeness (QED) is 0.708. The van der Waals surface area contributed by atoms with Gasteiger partial charge in [0.15, 0.2) is 0 Å². The Labute approximate surface area is 91.6 Å². The van der Waals surface area contributed by atoms with E-state index in [2.05, 4.69) is 9.79 Å². The lowest BCUT2D eigenvalue weighted by atomic mass is 10.2. The number of aromatic nitrogens is 2. The van der Waals surface area contributed by atoms with Gasteiger partial charge in [0.05, 0.1) is 5.16 Å². The molecular formula is C9H8N2O4S.